The van der Waals surface area contributed by atoms with Gasteiger partial charge in [0.05, 0.1) is 17.0 Å². The molecule has 0 aliphatic heterocycles. The summed E-state index contributed by atoms with van der Waals surface area (Å²) < 4.78 is 40.7. The molecule has 0 spiro atoms. The van der Waals surface area contributed by atoms with Gasteiger partial charge in [0.2, 0.25) is 10.0 Å². The molecule has 1 aromatic heterocycles. The summed E-state index contributed by atoms with van der Waals surface area (Å²) in [7, 11) is -2.25. The standard InChI is InChI=1S/C14H19FN4O2S/c1-14(2,3)19-13(16-10-17-19)9-18(4)22(20,21)12-7-5-11(15)6-8-12/h5-8,10H,9H2,1-4H3. The number of rotatable bonds is 4. The Balaban J connectivity index is 2.27. The average Bonchev–Trinajstić information content (AvgIpc) is 2.87. The molecule has 1 aromatic carbocycles. The zero-order chi connectivity index (χ0) is 16.5. The van der Waals surface area contributed by atoms with Gasteiger partial charge in [0.25, 0.3) is 0 Å². The quantitative estimate of drug-likeness (QED) is 0.862. The van der Waals surface area contributed by atoms with E-state index in [1.807, 2.05) is 20.8 Å². The molecule has 0 bridgehead atoms. The minimum Gasteiger partial charge on any atom is -0.243 e. The summed E-state index contributed by atoms with van der Waals surface area (Å²) in [6.07, 6.45) is 1.40. The van der Waals surface area contributed by atoms with Crippen molar-refractivity contribution in [2.24, 2.45) is 0 Å². The number of aromatic nitrogens is 3. The maximum absolute atomic E-state index is 12.9. The lowest BCUT2D eigenvalue weighted by Gasteiger charge is -2.23. The molecule has 0 N–H and O–H groups in total. The molecular weight excluding hydrogens is 307 g/mol. The Bertz CT molecular complexity index is 748. The van der Waals surface area contributed by atoms with E-state index in [2.05, 4.69) is 10.1 Å². The molecule has 0 aliphatic carbocycles. The molecule has 0 amide bonds. The number of hydrogen-bond acceptors (Lipinski definition) is 4. The maximum Gasteiger partial charge on any atom is 0.243 e. The Morgan fingerprint density at radius 3 is 2.36 bits per heavy atom. The van der Waals surface area contributed by atoms with Gasteiger partial charge in [-0.3, -0.25) is 0 Å². The van der Waals surface area contributed by atoms with Crippen LogP contribution in [-0.4, -0.2) is 34.5 Å². The van der Waals surface area contributed by atoms with Crippen LogP contribution in [0.15, 0.2) is 35.5 Å². The summed E-state index contributed by atoms with van der Waals surface area (Å²) in [5.74, 6) is 0.0646. The molecule has 1 heterocycles. The fraction of sp³-hybridized carbons (Fsp3) is 0.429. The Morgan fingerprint density at radius 2 is 1.82 bits per heavy atom. The number of benzene rings is 1. The predicted octanol–water partition coefficient (Wildman–Crippen LogP) is 1.99. The summed E-state index contributed by atoms with van der Waals surface area (Å²) in [4.78, 5) is 4.17. The first-order valence-electron chi connectivity index (χ1n) is 6.73. The van der Waals surface area contributed by atoms with E-state index in [0.717, 1.165) is 12.1 Å². The molecule has 0 unspecified atom stereocenters. The molecule has 0 saturated heterocycles. The Kier molecular flexibility index (Phi) is 4.35. The number of hydrogen-bond donors (Lipinski definition) is 0. The van der Waals surface area contributed by atoms with Crippen molar-refractivity contribution in [3.8, 4) is 0 Å². The van der Waals surface area contributed by atoms with Gasteiger partial charge in [-0.1, -0.05) is 0 Å². The van der Waals surface area contributed by atoms with Crippen LogP contribution >= 0.6 is 0 Å². The zero-order valence-corrected chi connectivity index (χ0v) is 13.8. The second-order valence-electron chi connectivity index (χ2n) is 5.97. The molecule has 6 nitrogen and oxygen atoms in total. The summed E-state index contributed by atoms with van der Waals surface area (Å²) in [6.45, 7) is 5.95. The van der Waals surface area contributed by atoms with Gasteiger partial charge in [-0.15, -0.1) is 0 Å². The van der Waals surface area contributed by atoms with Crippen LogP contribution in [0.25, 0.3) is 0 Å². The van der Waals surface area contributed by atoms with Gasteiger partial charge in [0.15, 0.2) is 0 Å². The van der Waals surface area contributed by atoms with Gasteiger partial charge in [0, 0.05) is 7.05 Å². The highest BCUT2D eigenvalue weighted by Gasteiger charge is 2.25. The van der Waals surface area contributed by atoms with Crippen LogP contribution in [0.5, 0.6) is 0 Å². The number of nitrogens with zero attached hydrogens (tertiary/aromatic N) is 4. The molecule has 2 rings (SSSR count). The Morgan fingerprint density at radius 1 is 1.23 bits per heavy atom. The van der Waals surface area contributed by atoms with Crippen molar-refractivity contribution in [2.75, 3.05) is 7.05 Å². The molecule has 0 fully saturated rings. The molecule has 120 valence electrons. The minimum atomic E-state index is -3.71. The smallest absolute Gasteiger partial charge is 0.243 e. The topological polar surface area (TPSA) is 68.1 Å². The fourth-order valence-corrected chi connectivity index (χ4v) is 3.13. The first-order valence-corrected chi connectivity index (χ1v) is 8.17. The van der Waals surface area contributed by atoms with Crippen molar-refractivity contribution in [3.05, 3.63) is 42.2 Å². The van der Waals surface area contributed by atoms with E-state index < -0.39 is 15.8 Å². The predicted molar refractivity (Wildman–Crippen MR) is 80.1 cm³/mol. The van der Waals surface area contributed by atoms with Crippen molar-refractivity contribution >= 4 is 10.0 Å². The molecular formula is C14H19FN4O2S. The van der Waals surface area contributed by atoms with Crippen LogP contribution < -0.4 is 0 Å². The van der Waals surface area contributed by atoms with Crippen molar-refractivity contribution in [1.29, 1.82) is 0 Å². The second-order valence-corrected chi connectivity index (χ2v) is 8.02. The second kappa shape index (κ2) is 5.77. The molecule has 8 heteroatoms. The number of halogens is 1. The first-order chi connectivity index (χ1) is 10.1. The van der Waals surface area contributed by atoms with Crippen LogP contribution in [0, 0.1) is 5.82 Å². The summed E-state index contributed by atoms with van der Waals surface area (Å²) in [5, 5.41) is 4.14. The van der Waals surface area contributed by atoms with Crippen LogP contribution in [0.1, 0.15) is 26.6 Å². The maximum atomic E-state index is 12.9. The van der Waals surface area contributed by atoms with Crippen molar-refractivity contribution < 1.29 is 12.8 Å². The van der Waals surface area contributed by atoms with E-state index in [-0.39, 0.29) is 17.0 Å². The summed E-state index contributed by atoms with van der Waals surface area (Å²) >= 11 is 0. The van der Waals surface area contributed by atoms with Crippen LogP contribution in [0.4, 0.5) is 4.39 Å². The molecule has 0 aliphatic rings. The Labute approximate surface area is 129 Å². The molecule has 0 radical (unpaired) electrons. The lowest BCUT2D eigenvalue weighted by Crippen LogP contribution is -2.31. The lowest BCUT2D eigenvalue weighted by molar-refractivity contribution is 0.326. The number of sulfonamides is 1. The van der Waals surface area contributed by atoms with E-state index in [0.29, 0.717) is 5.82 Å². The van der Waals surface area contributed by atoms with Gasteiger partial charge in [0.1, 0.15) is 18.0 Å². The van der Waals surface area contributed by atoms with Gasteiger partial charge >= 0.3 is 0 Å². The van der Waals surface area contributed by atoms with Crippen molar-refractivity contribution in [1.82, 2.24) is 19.1 Å². The van der Waals surface area contributed by atoms with Gasteiger partial charge in [-0.25, -0.2) is 22.5 Å². The zero-order valence-electron chi connectivity index (χ0n) is 13.0. The van der Waals surface area contributed by atoms with Gasteiger partial charge in [-0.05, 0) is 45.0 Å². The van der Waals surface area contributed by atoms with E-state index in [9.17, 15) is 12.8 Å². The highest BCUT2D eigenvalue weighted by atomic mass is 32.2. The Hall–Kier alpha value is -1.80. The fourth-order valence-electron chi connectivity index (χ4n) is 2.00. The molecule has 0 atom stereocenters. The monoisotopic (exact) mass is 326 g/mol. The first kappa shape index (κ1) is 16.6. The highest BCUT2D eigenvalue weighted by molar-refractivity contribution is 7.89. The summed E-state index contributed by atoms with van der Waals surface area (Å²) in [5.41, 5.74) is -0.299. The highest BCUT2D eigenvalue weighted by Crippen LogP contribution is 2.19. The molecule has 0 saturated carbocycles. The third-order valence-electron chi connectivity index (χ3n) is 3.14. The van der Waals surface area contributed by atoms with E-state index in [1.54, 1.807) is 4.68 Å². The van der Waals surface area contributed by atoms with Crippen molar-refractivity contribution in [3.63, 3.8) is 0 Å². The van der Waals surface area contributed by atoms with Gasteiger partial charge < -0.3 is 0 Å². The van der Waals surface area contributed by atoms with Crippen LogP contribution in [0.2, 0.25) is 0 Å². The molecule has 22 heavy (non-hydrogen) atoms. The van der Waals surface area contributed by atoms with Crippen molar-refractivity contribution in [2.45, 2.75) is 37.8 Å². The summed E-state index contributed by atoms with van der Waals surface area (Å²) in [6, 6.07) is 4.74. The van der Waals surface area contributed by atoms with Crippen LogP contribution in [-0.2, 0) is 22.1 Å². The minimum absolute atomic E-state index is 0.0400. The normalized spacial score (nSPS) is 12.8. The van der Waals surface area contributed by atoms with E-state index >= 15 is 0 Å². The molecule has 2 aromatic rings. The largest absolute Gasteiger partial charge is 0.243 e. The third-order valence-corrected chi connectivity index (χ3v) is 4.96. The van der Waals surface area contributed by atoms with Crippen LogP contribution in [0.3, 0.4) is 0 Å². The van der Waals surface area contributed by atoms with Gasteiger partial charge in [-0.2, -0.15) is 9.40 Å². The van der Waals surface area contributed by atoms with E-state index in [1.165, 1.54) is 29.8 Å². The average molecular weight is 326 g/mol. The van der Waals surface area contributed by atoms with E-state index in [4.69, 9.17) is 0 Å². The third kappa shape index (κ3) is 3.33. The SMILES string of the molecule is CN(Cc1ncnn1C(C)(C)C)S(=O)(=O)c1ccc(F)cc1. The lowest BCUT2D eigenvalue weighted by atomic mass is 10.1.